The van der Waals surface area contributed by atoms with Crippen molar-refractivity contribution in [1.82, 2.24) is 0 Å². The Morgan fingerprint density at radius 3 is 2.45 bits per heavy atom. The molecule has 1 aliphatic carbocycles. The van der Waals surface area contributed by atoms with E-state index in [1.54, 1.807) is 19.2 Å². The van der Waals surface area contributed by atoms with Gasteiger partial charge in [-0.1, -0.05) is 30.3 Å². The van der Waals surface area contributed by atoms with Gasteiger partial charge in [-0.25, -0.2) is 0 Å². The number of nitrogens with zero attached hydrogens (tertiary/aromatic N) is 1. The third-order valence-corrected chi connectivity index (χ3v) is 6.12. The number of methoxy groups -OCH3 is 1. The smallest absolute Gasteiger partial charge is 0.254 e. The number of amides is 1. The fraction of sp³-hybridized carbons (Fsp3) is 0.370. The number of hydrogen-bond acceptors (Lipinski definition) is 5. The molecule has 0 aromatic heterocycles. The van der Waals surface area contributed by atoms with Gasteiger partial charge in [-0.15, -0.1) is 0 Å². The first-order chi connectivity index (χ1) is 15.9. The Balaban J connectivity index is 1.83. The van der Waals surface area contributed by atoms with E-state index in [2.05, 4.69) is 5.32 Å². The largest absolute Gasteiger partial charge is 0.495 e. The molecule has 1 amide bonds. The number of fused-ring (bicyclic) bond motifs is 1. The molecule has 6 heteroatoms. The van der Waals surface area contributed by atoms with E-state index in [0.29, 0.717) is 34.9 Å². The first kappa shape index (κ1) is 22.8. The molecule has 1 fully saturated rings. The maximum absolute atomic E-state index is 13.7. The van der Waals surface area contributed by atoms with Crippen molar-refractivity contribution in [1.29, 1.82) is 0 Å². The van der Waals surface area contributed by atoms with Gasteiger partial charge in [-0.3, -0.25) is 14.6 Å². The highest BCUT2D eigenvalue weighted by molar-refractivity contribution is 6.14. The summed E-state index contributed by atoms with van der Waals surface area (Å²) in [7, 11) is 1.57. The highest BCUT2D eigenvalue weighted by atomic mass is 16.5. The summed E-state index contributed by atoms with van der Waals surface area (Å²) in [4.78, 5) is 31.6. The molecule has 0 radical (unpaired) electrons. The van der Waals surface area contributed by atoms with E-state index in [1.165, 1.54) is 0 Å². The van der Waals surface area contributed by atoms with Crippen molar-refractivity contribution in [3.05, 3.63) is 65.4 Å². The molecule has 0 spiro atoms. The zero-order valence-electron chi connectivity index (χ0n) is 19.6. The zero-order chi connectivity index (χ0) is 23.5. The number of nitrogens with one attached hydrogen (secondary N) is 1. The van der Waals surface area contributed by atoms with Crippen molar-refractivity contribution < 1.29 is 19.1 Å². The van der Waals surface area contributed by atoms with Gasteiger partial charge in [0, 0.05) is 34.9 Å². The summed E-state index contributed by atoms with van der Waals surface area (Å²) in [5, 5.41) is 2.99. The second kappa shape index (κ2) is 9.61. The molecule has 0 bridgehead atoms. The zero-order valence-corrected chi connectivity index (χ0v) is 19.6. The van der Waals surface area contributed by atoms with Crippen LogP contribution in [0.25, 0.3) is 0 Å². The van der Waals surface area contributed by atoms with E-state index < -0.39 is 11.8 Å². The Morgan fingerprint density at radius 1 is 1.03 bits per heavy atom. The molecule has 172 valence electrons. The van der Waals surface area contributed by atoms with Crippen molar-refractivity contribution >= 4 is 23.1 Å². The number of Topliss-reactive ketones (excluding diaryl/α,β-unsaturated/α-hetero) is 1. The van der Waals surface area contributed by atoms with Crippen molar-refractivity contribution in [3.8, 4) is 11.5 Å². The third-order valence-electron chi connectivity index (χ3n) is 6.12. The van der Waals surface area contributed by atoms with Gasteiger partial charge in [-0.05, 0) is 51.8 Å². The van der Waals surface area contributed by atoms with Crippen molar-refractivity contribution in [2.75, 3.05) is 12.4 Å². The van der Waals surface area contributed by atoms with Crippen LogP contribution in [-0.2, 0) is 9.59 Å². The molecular weight excluding hydrogens is 416 g/mol. The number of hydrogen-bond donors (Lipinski definition) is 1. The van der Waals surface area contributed by atoms with Gasteiger partial charge in [0.2, 0.25) is 0 Å². The molecule has 1 N–H and O–H groups in total. The number of ketones is 1. The lowest BCUT2D eigenvalue weighted by atomic mass is 9.69. The number of carbonyl (C=O) groups excluding carboxylic acids is 2. The van der Waals surface area contributed by atoms with Gasteiger partial charge in [0.15, 0.2) is 0 Å². The highest BCUT2D eigenvalue weighted by Crippen LogP contribution is 2.46. The normalized spacial score (nSPS) is 20.3. The summed E-state index contributed by atoms with van der Waals surface area (Å²) in [6, 6.07) is 15.0. The molecule has 1 aliphatic heterocycles. The Labute approximate surface area is 194 Å². The van der Waals surface area contributed by atoms with Gasteiger partial charge < -0.3 is 14.8 Å². The molecule has 2 aliphatic rings. The molecule has 1 heterocycles. The average molecular weight is 447 g/mol. The summed E-state index contributed by atoms with van der Waals surface area (Å²) in [5.74, 6) is 0.167. The Kier molecular flexibility index (Phi) is 6.63. The van der Waals surface area contributed by atoms with Crippen LogP contribution in [0.5, 0.6) is 11.5 Å². The number of benzene rings is 2. The molecule has 0 saturated heterocycles. The maximum Gasteiger partial charge on any atom is 0.254 e. The van der Waals surface area contributed by atoms with Crippen molar-refractivity contribution in [3.63, 3.8) is 0 Å². The van der Waals surface area contributed by atoms with Crippen LogP contribution < -0.4 is 14.8 Å². The summed E-state index contributed by atoms with van der Waals surface area (Å²) in [6.45, 7) is 5.78. The number of rotatable bonds is 6. The van der Waals surface area contributed by atoms with Crippen LogP contribution in [0.3, 0.4) is 0 Å². The van der Waals surface area contributed by atoms with Crippen LogP contribution >= 0.6 is 0 Å². The first-order valence-corrected chi connectivity index (χ1v) is 11.4. The molecule has 2 atom stereocenters. The van der Waals surface area contributed by atoms with Gasteiger partial charge in [0.25, 0.3) is 5.91 Å². The minimum absolute atomic E-state index is 0.0409. The minimum Gasteiger partial charge on any atom is -0.495 e. The van der Waals surface area contributed by atoms with Crippen LogP contribution in [-0.4, -0.2) is 30.6 Å². The lowest BCUT2D eigenvalue weighted by Gasteiger charge is -2.36. The van der Waals surface area contributed by atoms with Crippen LogP contribution in [0.2, 0.25) is 0 Å². The molecule has 2 aromatic carbocycles. The number of ether oxygens (including phenoxy) is 2. The van der Waals surface area contributed by atoms with E-state index in [4.69, 9.17) is 14.5 Å². The molecule has 33 heavy (non-hydrogen) atoms. The highest BCUT2D eigenvalue weighted by Gasteiger charge is 2.44. The van der Waals surface area contributed by atoms with Gasteiger partial charge in [0.05, 0.1) is 24.8 Å². The summed E-state index contributed by atoms with van der Waals surface area (Å²) in [5.41, 5.74) is 3.39. The van der Waals surface area contributed by atoms with E-state index in [0.717, 1.165) is 24.1 Å². The predicted octanol–water partition coefficient (Wildman–Crippen LogP) is 5.30. The maximum atomic E-state index is 13.7. The van der Waals surface area contributed by atoms with Gasteiger partial charge in [-0.2, -0.15) is 0 Å². The monoisotopic (exact) mass is 446 g/mol. The quantitative estimate of drug-likeness (QED) is 0.653. The summed E-state index contributed by atoms with van der Waals surface area (Å²) in [6.07, 6.45) is 2.01. The Hall–Kier alpha value is -3.41. The van der Waals surface area contributed by atoms with E-state index >= 15 is 0 Å². The van der Waals surface area contributed by atoms with Crippen molar-refractivity contribution in [2.24, 2.45) is 10.9 Å². The number of anilines is 1. The second-order valence-corrected chi connectivity index (χ2v) is 8.74. The van der Waals surface area contributed by atoms with Gasteiger partial charge in [0.1, 0.15) is 17.3 Å². The topological polar surface area (TPSA) is 77.0 Å². The Morgan fingerprint density at radius 2 is 1.73 bits per heavy atom. The lowest BCUT2D eigenvalue weighted by Crippen LogP contribution is -2.40. The van der Waals surface area contributed by atoms with E-state index in [9.17, 15) is 9.59 Å². The minimum atomic E-state index is -0.463. The van der Waals surface area contributed by atoms with E-state index in [-0.39, 0.29) is 17.8 Å². The fourth-order valence-corrected chi connectivity index (χ4v) is 4.79. The molecular formula is C27H30N2O4. The molecule has 4 rings (SSSR count). The Bertz CT molecular complexity index is 1130. The third kappa shape index (κ3) is 4.56. The SMILES string of the molecule is COc1ccccc1NC(=O)C1=C(C)N=C2CCCC(=O)[C@H]2[C@@H]1c1ccccc1OC(C)C. The number of para-hydroxylation sites is 3. The molecule has 2 aromatic rings. The van der Waals surface area contributed by atoms with Crippen LogP contribution in [0.1, 0.15) is 51.5 Å². The standard InChI is InChI=1S/C27H30N2O4/c1-16(2)33-22-14-7-5-10-18(22)25-24(17(3)28-20-12-9-13-21(30)26(20)25)27(31)29-19-11-6-8-15-23(19)32-4/h5-8,10-11,14-16,25-26H,9,12-13H2,1-4H3,(H,29,31)/t25-,26+/m1/s1. The summed E-state index contributed by atoms with van der Waals surface area (Å²) < 4.78 is 11.5. The number of aliphatic imine (C=N–C) groups is 1. The average Bonchev–Trinajstić information content (AvgIpc) is 2.78. The van der Waals surface area contributed by atoms with Crippen LogP contribution in [0.4, 0.5) is 5.69 Å². The summed E-state index contributed by atoms with van der Waals surface area (Å²) >= 11 is 0. The first-order valence-electron chi connectivity index (χ1n) is 11.4. The van der Waals surface area contributed by atoms with Crippen LogP contribution in [0, 0.1) is 5.92 Å². The fourth-order valence-electron chi connectivity index (χ4n) is 4.79. The molecule has 0 unspecified atom stereocenters. The second-order valence-electron chi connectivity index (χ2n) is 8.74. The molecule has 6 nitrogen and oxygen atoms in total. The lowest BCUT2D eigenvalue weighted by molar-refractivity contribution is -0.122. The van der Waals surface area contributed by atoms with Gasteiger partial charge >= 0.3 is 0 Å². The molecule has 1 saturated carbocycles. The predicted molar refractivity (Wildman–Crippen MR) is 129 cm³/mol. The number of carbonyl (C=O) groups is 2. The number of allylic oxidation sites excluding steroid dienone is 1. The van der Waals surface area contributed by atoms with Crippen LogP contribution in [0.15, 0.2) is 64.8 Å². The van der Waals surface area contributed by atoms with Crippen molar-refractivity contribution in [2.45, 2.75) is 52.1 Å². The van der Waals surface area contributed by atoms with E-state index in [1.807, 2.05) is 57.2 Å².